The Morgan fingerprint density at radius 2 is 1.81 bits per heavy atom. The molecule has 0 radical (unpaired) electrons. The molecule has 1 aliphatic rings. The molecule has 1 heterocycles. The number of hydrogen-bond acceptors (Lipinski definition) is 4. The van der Waals surface area contributed by atoms with Gasteiger partial charge in [0.1, 0.15) is 5.82 Å². The summed E-state index contributed by atoms with van der Waals surface area (Å²) in [4.78, 5) is 24.6. The largest absolute Gasteiger partial charge is 0.351 e. The van der Waals surface area contributed by atoms with Gasteiger partial charge < -0.3 is 10.6 Å². The summed E-state index contributed by atoms with van der Waals surface area (Å²) in [6.45, 7) is 2.74. The maximum Gasteiger partial charge on any atom is 0.252 e. The van der Waals surface area contributed by atoms with Gasteiger partial charge in [-0.2, -0.15) is 4.31 Å². The predicted octanol–water partition coefficient (Wildman–Crippen LogP) is 3.72. The molecular formula is C22H25ClFN3O4S. The van der Waals surface area contributed by atoms with E-state index < -0.39 is 21.7 Å². The van der Waals surface area contributed by atoms with E-state index in [0.717, 1.165) is 31.4 Å². The van der Waals surface area contributed by atoms with E-state index in [0.29, 0.717) is 24.3 Å². The van der Waals surface area contributed by atoms with Crippen LogP contribution in [0.3, 0.4) is 0 Å². The summed E-state index contributed by atoms with van der Waals surface area (Å²) < 4.78 is 40.6. The van der Waals surface area contributed by atoms with Crippen LogP contribution in [0.4, 0.5) is 10.1 Å². The average Bonchev–Trinajstić information content (AvgIpc) is 2.75. The van der Waals surface area contributed by atoms with Gasteiger partial charge in [-0.3, -0.25) is 9.59 Å². The molecule has 0 bridgehead atoms. The maximum absolute atomic E-state index is 13.1. The minimum atomic E-state index is -3.63. The zero-order valence-corrected chi connectivity index (χ0v) is 19.2. The van der Waals surface area contributed by atoms with Gasteiger partial charge in [0.2, 0.25) is 15.9 Å². The Morgan fingerprint density at radius 1 is 1.09 bits per heavy atom. The van der Waals surface area contributed by atoms with E-state index in [4.69, 9.17) is 11.6 Å². The molecule has 32 heavy (non-hydrogen) atoms. The Labute approximate surface area is 192 Å². The number of aryl methyl sites for hydroxylation is 1. The predicted molar refractivity (Wildman–Crippen MR) is 121 cm³/mol. The number of sulfonamides is 1. The molecule has 0 aromatic heterocycles. The molecule has 7 nitrogen and oxygen atoms in total. The van der Waals surface area contributed by atoms with Crippen LogP contribution in [0.15, 0.2) is 41.3 Å². The number of anilines is 1. The number of piperidine rings is 1. The van der Waals surface area contributed by atoms with Crippen molar-refractivity contribution in [2.45, 2.75) is 37.5 Å². The van der Waals surface area contributed by atoms with Crippen molar-refractivity contribution in [1.82, 2.24) is 9.62 Å². The molecule has 2 N–H and O–H groups in total. The second-order valence-electron chi connectivity index (χ2n) is 7.62. The van der Waals surface area contributed by atoms with E-state index >= 15 is 0 Å². The Bertz CT molecular complexity index is 1120. The van der Waals surface area contributed by atoms with Gasteiger partial charge in [-0.1, -0.05) is 24.1 Å². The number of nitrogens with one attached hydrogen (secondary N) is 2. The van der Waals surface area contributed by atoms with Crippen molar-refractivity contribution in [3.05, 3.63) is 58.4 Å². The Balaban J connectivity index is 1.59. The van der Waals surface area contributed by atoms with Crippen molar-refractivity contribution >= 4 is 39.1 Å². The Hall–Kier alpha value is -2.49. The standard InChI is InChI=1S/C22H25ClFN3O4S/c1-15-5-7-17(14-20(15)32(30,31)27-11-3-2-4-12-27)26-21(28)9-10-25-22(29)18-8-6-16(24)13-19(18)23/h5-8,13-14H,2-4,9-12H2,1H3,(H,25,29)(H,26,28). The van der Waals surface area contributed by atoms with Crippen LogP contribution >= 0.6 is 11.6 Å². The van der Waals surface area contributed by atoms with E-state index in [1.54, 1.807) is 19.1 Å². The van der Waals surface area contributed by atoms with Crippen molar-refractivity contribution in [2.75, 3.05) is 25.0 Å². The van der Waals surface area contributed by atoms with Crippen LogP contribution in [0, 0.1) is 12.7 Å². The first-order valence-electron chi connectivity index (χ1n) is 10.3. The summed E-state index contributed by atoms with van der Waals surface area (Å²) in [5.74, 6) is -1.46. The van der Waals surface area contributed by atoms with Crippen LogP contribution in [0.25, 0.3) is 0 Å². The number of rotatable bonds is 7. The highest BCUT2D eigenvalue weighted by atomic mass is 35.5. The van der Waals surface area contributed by atoms with E-state index in [1.165, 1.54) is 16.4 Å². The van der Waals surface area contributed by atoms with E-state index in [1.807, 2.05) is 0 Å². The molecule has 172 valence electrons. The molecule has 1 saturated heterocycles. The average molecular weight is 482 g/mol. The molecular weight excluding hydrogens is 457 g/mol. The van der Waals surface area contributed by atoms with Crippen molar-refractivity contribution in [1.29, 1.82) is 0 Å². The molecule has 2 aromatic carbocycles. The van der Waals surface area contributed by atoms with Crippen molar-refractivity contribution < 1.29 is 22.4 Å². The summed E-state index contributed by atoms with van der Waals surface area (Å²) in [6, 6.07) is 8.19. The lowest BCUT2D eigenvalue weighted by Gasteiger charge is -2.26. The zero-order chi connectivity index (χ0) is 23.3. The lowest BCUT2D eigenvalue weighted by Crippen LogP contribution is -2.36. The van der Waals surface area contributed by atoms with Crippen molar-refractivity contribution in [3.63, 3.8) is 0 Å². The van der Waals surface area contributed by atoms with Crippen LogP contribution in [-0.2, 0) is 14.8 Å². The van der Waals surface area contributed by atoms with Gasteiger partial charge >= 0.3 is 0 Å². The van der Waals surface area contributed by atoms with Gasteiger partial charge in [-0.15, -0.1) is 0 Å². The third-order valence-corrected chi connectivity index (χ3v) is 7.57. The molecule has 0 saturated carbocycles. The molecule has 0 spiro atoms. The first kappa shape index (κ1) is 24.2. The van der Waals surface area contributed by atoms with Crippen LogP contribution in [-0.4, -0.2) is 44.2 Å². The number of hydrogen-bond donors (Lipinski definition) is 2. The smallest absolute Gasteiger partial charge is 0.252 e. The first-order valence-corrected chi connectivity index (χ1v) is 12.1. The summed E-state index contributed by atoms with van der Waals surface area (Å²) >= 11 is 5.86. The summed E-state index contributed by atoms with van der Waals surface area (Å²) in [5.41, 5.74) is 1.08. The second kappa shape index (κ2) is 10.4. The highest BCUT2D eigenvalue weighted by molar-refractivity contribution is 7.89. The Kier molecular flexibility index (Phi) is 7.86. The monoisotopic (exact) mass is 481 g/mol. The third-order valence-electron chi connectivity index (χ3n) is 5.22. The van der Waals surface area contributed by atoms with Crippen LogP contribution < -0.4 is 10.6 Å². The SMILES string of the molecule is Cc1ccc(NC(=O)CCNC(=O)c2ccc(F)cc2Cl)cc1S(=O)(=O)N1CCCCC1. The van der Waals surface area contributed by atoms with Crippen molar-refractivity contribution in [2.24, 2.45) is 0 Å². The maximum atomic E-state index is 13.1. The summed E-state index contributed by atoms with van der Waals surface area (Å²) in [5, 5.41) is 5.20. The summed E-state index contributed by atoms with van der Waals surface area (Å²) in [6.07, 6.45) is 2.66. The second-order valence-corrected chi connectivity index (χ2v) is 9.94. The quantitative estimate of drug-likeness (QED) is 0.630. The minimum absolute atomic E-state index is 0.0194. The van der Waals surface area contributed by atoms with Gasteiger partial charge in [-0.05, 0) is 55.7 Å². The Morgan fingerprint density at radius 3 is 2.50 bits per heavy atom. The van der Waals surface area contributed by atoms with Gasteiger partial charge in [-0.25, -0.2) is 12.8 Å². The lowest BCUT2D eigenvalue weighted by molar-refractivity contribution is -0.116. The molecule has 1 aliphatic heterocycles. The number of carbonyl (C=O) groups excluding carboxylic acids is 2. The van der Waals surface area contributed by atoms with Gasteiger partial charge in [0.15, 0.2) is 0 Å². The number of amides is 2. The molecule has 0 atom stereocenters. The van der Waals surface area contributed by atoms with E-state index in [9.17, 15) is 22.4 Å². The first-order chi connectivity index (χ1) is 15.2. The fourth-order valence-corrected chi connectivity index (χ4v) is 5.50. The molecule has 2 aromatic rings. The van der Waals surface area contributed by atoms with Gasteiger partial charge in [0.05, 0.1) is 15.5 Å². The van der Waals surface area contributed by atoms with Gasteiger partial charge in [0.25, 0.3) is 5.91 Å². The fraction of sp³-hybridized carbons (Fsp3) is 0.364. The third kappa shape index (κ3) is 5.85. The fourth-order valence-electron chi connectivity index (χ4n) is 3.48. The number of carbonyl (C=O) groups is 2. The molecule has 3 rings (SSSR count). The van der Waals surface area contributed by atoms with Crippen LogP contribution in [0.2, 0.25) is 5.02 Å². The molecule has 0 unspecified atom stereocenters. The van der Waals surface area contributed by atoms with Gasteiger partial charge in [0, 0.05) is 31.7 Å². The summed E-state index contributed by atoms with van der Waals surface area (Å²) in [7, 11) is -3.63. The lowest BCUT2D eigenvalue weighted by atomic mass is 10.2. The normalized spacial score (nSPS) is 14.7. The number of nitrogens with zero attached hydrogens (tertiary/aromatic N) is 1. The van der Waals surface area contributed by atoms with E-state index in [-0.39, 0.29) is 34.4 Å². The topological polar surface area (TPSA) is 95.6 Å². The minimum Gasteiger partial charge on any atom is -0.351 e. The van der Waals surface area contributed by atoms with Crippen LogP contribution in [0.1, 0.15) is 41.6 Å². The highest BCUT2D eigenvalue weighted by Crippen LogP contribution is 2.26. The van der Waals surface area contributed by atoms with Crippen LogP contribution in [0.5, 0.6) is 0 Å². The molecule has 1 fully saturated rings. The molecule has 10 heteroatoms. The van der Waals surface area contributed by atoms with Crippen molar-refractivity contribution in [3.8, 4) is 0 Å². The highest BCUT2D eigenvalue weighted by Gasteiger charge is 2.27. The van der Waals surface area contributed by atoms with E-state index in [2.05, 4.69) is 10.6 Å². The molecule has 2 amide bonds. The number of benzene rings is 2. The number of halogens is 2. The molecule has 0 aliphatic carbocycles. The zero-order valence-electron chi connectivity index (χ0n) is 17.7.